The topological polar surface area (TPSA) is 38.9 Å². The molecule has 0 aliphatic rings. The number of fused-ring (bicyclic) bond motifs is 11. The summed E-state index contributed by atoms with van der Waals surface area (Å²) in [6, 6.07) is 69.3. The minimum atomic E-state index is 0.605. The molecule has 12 rings (SSSR count). The van der Waals surface area contributed by atoms with Gasteiger partial charge >= 0.3 is 0 Å². The SMILES string of the molecule is c1ccc2c(-c3cc4c(-c5cccc6ccccc56)cc(-c5ccc(-c6nc7c8ccccc8c8ccccc8c7o6)cc5)nc4c4ccccc34)cccc2c1. The number of benzene rings is 10. The Kier molecular flexibility index (Phi) is 6.93. The molecule has 0 aliphatic carbocycles. The first-order valence-corrected chi connectivity index (χ1v) is 19.4. The van der Waals surface area contributed by atoms with Crippen LogP contribution in [0, 0.1) is 0 Å². The molecule has 0 spiro atoms. The lowest BCUT2D eigenvalue weighted by atomic mass is 9.88. The van der Waals surface area contributed by atoms with Gasteiger partial charge in [0.25, 0.3) is 0 Å². The Morgan fingerprint density at radius 3 is 1.42 bits per heavy atom. The van der Waals surface area contributed by atoms with E-state index in [1.807, 2.05) is 0 Å². The van der Waals surface area contributed by atoms with Crippen molar-refractivity contribution in [3.8, 4) is 45.0 Å². The number of oxazole rings is 1. The van der Waals surface area contributed by atoms with Gasteiger partial charge in [-0.3, -0.25) is 0 Å². The van der Waals surface area contributed by atoms with Gasteiger partial charge < -0.3 is 4.42 Å². The average Bonchev–Trinajstić information content (AvgIpc) is 3.75. The molecular weight excluding hydrogens is 693 g/mol. The number of hydrogen-bond donors (Lipinski definition) is 0. The molecule has 0 amide bonds. The second-order valence-electron chi connectivity index (χ2n) is 14.8. The van der Waals surface area contributed by atoms with Crippen molar-refractivity contribution < 1.29 is 4.42 Å². The van der Waals surface area contributed by atoms with Gasteiger partial charge in [-0.1, -0.05) is 170 Å². The Hall–Kier alpha value is -7.62. The molecule has 0 bridgehead atoms. The van der Waals surface area contributed by atoms with Gasteiger partial charge in [-0.25, -0.2) is 9.97 Å². The molecule has 12 aromatic rings. The van der Waals surface area contributed by atoms with E-state index < -0.39 is 0 Å². The first-order chi connectivity index (χ1) is 28.3. The molecule has 0 unspecified atom stereocenters. The quantitative estimate of drug-likeness (QED) is 0.170. The molecule has 0 saturated heterocycles. The molecule has 264 valence electrons. The summed E-state index contributed by atoms with van der Waals surface area (Å²) in [4.78, 5) is 10.6. The minimum absolute atomic E-state index is 0.605. The zero-order valence-electron chi connectivity index (χ0n) is 30.8. The molecule has 57 heavy (non-hydrogen) atoms. The van der Waals surface area contributed by atoms with Gasteiger partial charge in [0.2, 0.25) is 5.89 Å². The van der Waals surface area contributed by atoms with Crippen molar-refractivity contribution in [2.24, 2.45) is 0 Å². The fraction of sp³-hybridized carbons (Fsp3) is 0. The van der Waals surface area contributed by atoms with Crippen LogP contribution < -0.4 is 0 Å². The van der Waals surface area contributed by atoms with Crippen molar-refractivity contribution in [1.82, 2.24) is 9.97 Å². The summed E-state index contributed by atoms with van der Waals surface area (Å²) in [5.74, 6) is 0.605. The van der Waals surface area contributed by atoms with Crippen LogP contribution in [0.5, 0.6) is 0 Å². The summed E-state index contributed by atoms with van der Waals surface area (Å²) in [6.07, 6.45) is 0. The molecule has 0 fully saturated rings. The number of aromatic nitrogens is 2. The molecule has 2 aromatic heterocycles. The first-order valence-electron chi connectivity index (χ1n) is 19.4. The highest BCUT2D eigenvalue weighted by Crippen LogP contribution is 2.44. The van der Waals surface area contributed by atoms with E-state index in [2.05, 4.69) is 194 Å². The van der Waals surface area contributed by atoms with Crippen LogP contribution in [0.15, 0.2) is 199 Å². The van der Waals surface area contributed by atoms with Gasteiger partial charge in [-0.05, 0) is 84.2 Å². The predicted molar refractivity (Wildman–Crippen MR) is 239 cm³/mol. The molecule has 2 heterocycles. The van der Waals surface area contributed by atoms with Crippen LogP contribution in [-0.2, 0) is 0 Å². The zero-order valence-corrected chi connectivity index (χ0v) is 30.8. The molecule has 10 aromatic carbocycles. The normalized spacial score (nSPS) is 11.9. The van der Waals surface area contributed by atoms with Gasteiger partial charge in [0, 0.05) is 32.7 Å². The third-order valence-electron chi connectivity index (χ3n) is 11.7. The van der Waals surface area contributed by atoms with E-state index >= 15 is 0 Å². The van der Waals surface area contributed by atoms with Gasteiger partial charge in [0.15, 0.2) is 5.58 Å². The average molecular weight is 725 g/mol. The van der Waals surface area contributed by atoms with E-state index in [1.54, 1.807) is 0 Å². The maximum atomic E-state index is 6.59. The maximum Gasteiger partial charge on any atom is 0.227 e. The number of nitrogens with zero attached hydrogens (tertiary/aromatic N) is 2. The van der Waals surface area contributed by atoms with Crippen molar-refractivity contribution in [3.63, 3.8) is 0 Å². The Morgan fingerprint density at radius 1 is 0.298 bits per heavy atom. The molecule has 0 aliphatic heterocycles. The summed E-state index contributed by atoms with van der Waals surface area (Å²) in [5, 5.41) is 12.8. The van der Waals surface area contributed by atoms with Crippen molar-refractivity contribution in [2.45, 2.75) is 0 Å². The van der Waals surface area contributed by atoms with Crippen molar-refractivity contribution in [3.05, 3.63) is 194 Å². The molecule has 0 saturated carbocycles. The molecule has 0 N–H and O–H groups in total. The summed E-state index contributed by atoms with van der Waals surface area (Å²) in [5.41, 5.74) is 10.3. The smallest absolute Gasteiger partial charge is 0.227 e. The lowest BCUT2D eigenvalue weighted by molar-refractivity contribution is 0.623. The number of hydrogen-bond acceptors (Lipinski definition) is 3. The lowest BCUT2D eigenvalue weighted by Crippen LogP contribution is -1.94. The molecular formula is C54H32N2O. The number of rotatable bonds is 4. The number of pyridine rings is 1. The summed E-state index contributed by atoms with van der Waals surface area (Å²) >= 11 is 0. The highest BCUT2D eigenvalue weighted by molar-refractivity contribution is 6.23. The van der Waals surface area contributed by atoms with E-state index in [4.69, 9.17) is 14.4 Å². The van der Waals surface area contributed by atoms with Crippen molar-refractivity contribution in [2.75, 3.05) is 0 Å². The fourth-order valence-corrected chi connectivity index (χ4v) is 9.00. The van der Waals surface area contributed by atoms with Crippen LogP contribution in [0.1, 0.15) is 0 Å². The van der Waals surface area contributed by atoms with Gasteiger partial charge in [-0.15, -0.1) is 0 Å². The van der Waals surface area contributed by atoms with Crippen LogP contribution in [0.25, 0.3) is 121 Å². The monoisotopic (exact) mass is 724 g/mol. The summed E-state index contributed by atoms with van der Waals surface area (Å²) < 4.78 is 6.59. The van der Waals surface area contributed by atoms with Crippen LogP contribution in [0.2, 0.25) is 0 Å². The van der Waals surface area contributed by atoms with Gasteiger partial charge in [-0.2, -0.15) is 0 Å². The van der Waals surface area contributed by atoms with E-state index in [0.29, 0.717) is 5.89 Å². The van der Waals surface area contributed by atoms with E-state index in [9.17, 15) is 0 Å². The second-order valence-corrected chi connectivity index (χ2v) is 14.8. The predicted octanol–water partition coefficient (Wildman–Crippen LogP) is 14.8. The van der Waals surface area contributed by atoms with Crippen LogP contribution >= 0.6 is 0 Å². The third kappa shape index (κ3) is 4.92. The fourth-order valence-electron chi connectivity index (χ4n) is 9.00. The van der Waals surface area contributed by atoms with Crippen LogP contribution in [-0.4, -0.2) is 9.97 Å². The molecule has 0 atom stereocenters. The largest absolute Gasteiger partial charge is 0.435 e. The van der Waals surface area contributed by atoms with Gasteiger partial charge in [0.05, 0.1) is 11.2 Å². The molecule has 3 heteroatoms. The van der Waals surface area contributed by atoms with E-state index in [0.717, 1.165) is 60.5 Å². The molecule has 3 nitrogen and oxygen atoms in total. The Morgan fingerprint density at radius 2 is 0.772 bits per heavy atom. The second kappa shape index (κ2) is 12.5. The maximum absolute atomic E-state index is 6.59. The Bertz CT molecular complexity index is 3500. The highest BCUT2D eigenvalue weighted by Gasteiger charge is 2.19. The van der Waals surface area contributed by atoms with Crippen molar-refractivity contribution >= 4 is 75.9 Å². The lowest BCUT2D eigenvalue weighted by Gasteiger charge is -2.17. The van der Waals surface area contributed by atoms with Crippen molar-refractivity contribution in [1.29, 1.82) is 0 Å². The minimum Gasteiger partial charge on any atom is -0.435 e. The summed E-state index contributed by atoms with van der Waals surface area (Å²) in [7, 11) is 0. The van der Waals surface area contributed by atoms with Crippen LogP contribution in [0.4, 0.5) is 0 Å². The van der Waals surface area contributed by atoms with E-state index in [1.165, 1.54) is 54.4 Å². The Labute approximate surface area is 328 Å². The standard InChI is InChI=1S/C54H32N2O/c1-3-17-37-33(13-1)15-11-25-39(37)47-31-49-48(40-26-12-16-34-14-2-4-18-38(34)40)32-50(55-51(49)44-22-8-6-21-43(44)47)35-27-29-36(30-28-35)54-56-52-45-23-9-5-19-41(45)42-20-7-10-24-46(42)53(52)57-54/h1-32H. The van der Waals surface area contributed by atoms with Crippen LogP contribution in [0.3, 0.4) is 0 Å². The highest BCUT2D eigenvalue weighted by atomic mass is 16.3. The zero-order chi connectivity index (χ0) is 37.5. The summed E-state index contributed by atoms with van der Waals surface area (Å²) in [6.45, 7) is 0. The molecule has 0 radical (unpaired) electrons. The van der Waals surface area contributed by atoms with Gasteiger partial charge in [0.1, 0.15) is 5.52 Å². The van der Waals surface area contributed by atoms with E-state index in [-0.39, 0.29) is 0 Å². The Balaban J connectivity index is 1.08. The first kappa shape index (κ1) is 31.7. The third-order valence-corrected chi connectivity index (χ3v) is 11.7.